The van der Waals surface area contributed by atoms with E-state index < -0.39 is 29.4 Å². The van der Waals surface area contributed by atoms with Gasteiger partial charge in [-0.25, -0.2) is 18.2 Å². The lowest BCUT2D eigenvalue weighted by Crippen LogP contribution is -2.41. The van der Waals surface area contributed by atoms with Crippen molar-refractivity contribution in [1.82, 2.24) is 24.6 Å². The highest BCUT2D eigenvalue weighted by molar-refractivity contribution is 6.35. The summed E-state index contributed by atoms with van der Waals surface area (Å²) in [5.41, 5.74) is -0.0370. The Morgan fingerprint density at radius 2 is 2.04 bits per heavy atom. The van der Waals surface area contributed by atoms with E-state index in [9.17, 15) is 18.0 Å². The molecule has 0 spiro atoms. The maximum Gasteiger partial charge on any atom is 0.290 e. The molecule has 2 aromatic heterocycles. The summed E-state index contributed by atoms with van der Waals surface area (Å²) in [5.74, 6) is -3.14. The van der Waals surface area contributed by atoms with Crippen LogP contribution in [0.3, 0.4) is 0 Å². The molecule has 130 valence electrons. The van der Waals surface area contributed by atoms with Gasteiger partial charge >= 0.3 is 0 Å². The predicted octanol–water partition coefficient (Wildman–Crippen LogP) is 3.05. The zero-order valence-electron chi connectivity index (χ0n) is 12.9. The number of benzene rings is 1. The molecule has 0 fully saturated rings. The average Bonchev–Trinajstić information content (AvgIpc) is 3.18. The Bertz CT molecular complexity index is 1010. The van der Waals surface area contributed by atoms with Crippen molar-refractivity contribution in [3.8, 4) is 0 Å². The van der Waals surface area contributed by atoms with Gasteiger partial charge in [0, 0.05) is 12.6 Å². The Hall–Kier alpha value is -2.55. The molecule has 3 aromatic rings. The van der Waals surface area contributed by atoms with E-state index in [0.717, 1.165) is 6.20 Å². The number of amides is 1. The minimum absolute atomic E-state index is 0.0941. The Kier molecular flexibility index (Phi) is 3.50. The highest BCUT2D eigenvalue weighted by Crippen LogP contribution is 2.30. The number of aromatic nitrogens is 4. The summed E-state index contributed by atoms with van der Waals surface area (Å²) in [6.45, 7) is 2.25. The highest BCUT2D eigenvalue weighted by Gasteiger charge is 2.33. The lowest BCUT2D eigenvalue weighted by atomic mass is 10.1. The van der Waals surface area contributed by atoms with E-state index in [2.05, 4.69) is 15.1 Å². The summed E-state index contributed by atoms with van der Waals surface area (Å²) in [7, 11) is 0. The van der Waals surface area contributed by atoms with Crippen molar-refractivity contribution >= 4 is 28.5 Å². The molecule has 3 heterocycles. The minimum atomic E-state index is -0.952. The summed E-state index contributed by atoms with van der Waals surface area (Å²) in [6.07, 6.45) is 1.10. The van der Waals surface area contributed by atoms with Gasteiger partial charge in [-0.15, -0.1) is 0 Å². The molecule has 25 heavy (non-hydrogen) atoms. The van der Waals surface area contributed by atoms with Crippen LogP contribution in [-0.4, -0.2) is 37.1 Å². The van der Waals surface area contributed by atoms with Crippen LogP contribution >= 0.6 is 11.6 Å². The third kappa shape index (κ3) is 2.30. The van der Waals surface area contributed by atoms with Crippen molar-refractivity contribution in [2.45, 2.75) is 19.5 Å². The highest BCUT2D eigenvalue weighted by atomic mass is 35.5. The van der Waals surface area contributed by atoms with E-state index in [1.807, 2.05) is 0 Å². The summed E-state index contributed by atoms with van der Waals surface area (Å²) in [4.78, 5) is 20.6. The normalized spacial score (nSPS) is 17.2. The quantitative estimate of drug-likeness (QED) is 0.670. The van der Waals surface area contributed by atoms with Gasteiger partial charge in [0.05, 0.1) is 30.0 Å². The lowest BCUT2D eigenvalue weighted by Gasteiger charge is -2.33. The second-order valence-electron chi connectivity index (χ2n) is 5.74. The first-order valence-corrected chi connectivity index (χ1v) is 7.81. The second-order valence-corrected chi connectivity index (χ2v) is 6.12. The molecule has 4 rings (SSSR count). The standard InChI is InChI=1S/C15H11ClF3N5O/c1-6-13-9(19)5-20-24(13)3-2-23(6)15(25)14-21-11-8(18)4-7(17)10(16)12(11)22-14/h4-6H,2-3H2,1H3,(H,21,22)/t6-/m0/s1. The van der Waals surface area contributed by atoms with Crippen LogP contribution in [0.1, 0.15) is 29.3 Å². The van der Waals surface area contributed by atoms with Crippen LogP contribution in [0, 0.1) is 17.5 Å². The maximum atomic E-state index is 13.9. The minimum Gasteiger partial charge on any atom is -0.332 e. The summed E-state index contributed by atoms with van der Waals surface area (Å²) < 4.78 is 42.8. The molecule has 0 aliphatic carbocycles. The number of carbonyl (C=O) groups excluding carboxylic acids is 1. The maximum absolute atomic E-state index is 13.9. The molecule has 1 amide bonds. The molecule has 1 N–H and O–H groups in total. The number of fused-ring (bicyclic) bond motifs is 2. The molecule has 1 aromatic carbocycles. The molecule has 1 aliphatic heterocycles. The van der Waals surface area contributed by atoms with E-state index in [0.29, 0.717) is 12.6 Å². The largest absolute Gasteiger partial charge is 0.332 e. The van der Waals surface area contributed by atoms with Gasteiger partial charge in [-0.1, -0.05) is 11.6 Å². The monoisotopic (exact) mass is 369 g/mol. The zero-order chi connectivity index (χ0) is 17.9. The van der Waals surface area contributed by atoms with Crippen molar-refractivity contribution in [2.24, 2.45) is 0 Å². The SMILES string of the molecule is C[C@H]1c2c(F)cnn2CCN1C(=O)c1nc2c(F)cc(F)c(Cl)c2[nH]1. The number of aromatic amines is 1. The van der Waals surface area contributed by atoms with Crippen molar-refractivity contribution < 1.29 is 18.0 Å². The van der Waals surface area contributed by atoms with Crippen LogP contribution in [0.25, 0.3) is 11.0 Å². The molecule has 10 heteroatoms. The van der Waals surface area contributed by atoms with Gasteiger partial charge in [-0.2, -0.15) is 5.10 Å². The van der Waals surface area contributed by atoms with Crippen molar-refractivity contribution in [1.29, 1.82) is 0 Å². The topological polar surface area (TPSA) is 66.8 Å². The van der Waals surface area contributed by atoms with Gasteiger partial charge in [0.2, 0.25) is 0 Å². The molecule has 1 aliphatic rings. The van der Waals surface area contributed by atoms with Gasteiger partial charge in [-0.05, 0) is 6.92 Å². The number of carbonyl (C=O) groups is 1. The number of nitrogens with one attached hydrogen (secondary N) is 1. The number of hydrogen-bond acceptors (Lipinski definition) is 3. The van der Waals surface area contributed by atoms with E-state index >= 15 is 0 Å². The molecular weight excluding hydrogens is 359 g/mol. The number of rotatable bonds is 1. The fourth-order valence-electron chi connectivity index (χ4n) is 3.09. The lowest BCUT2D eigenvalue weighted by molar-refractivity contribution is 0.0621. The van der Waals surface area contributed by atoms with Gasteiger partial charge < -0.3 is 9.88 Å². The molecule has 6 nitrogen and oxygen atoms in total. The third-order valence-electron chi connectivity index (χ3n) is 4.33. The Morgan fingerprint density at radius 1 is 1.28 bits per heavy atom. The summed E-state index contributed by atoms with van der Waals surface area (Å²) in [6, 6.07) is 0.0195. The first-order valence-electron chi connectivity index (χ1n) is 7.44. The van der Waals surface area contributed by atoms with Gasteiger partial charge in [0.25, 0.3) is 5.91 Å². The Balaban J connectivity index is 1.75. The van der Waals surface area contributed by atoms with E-state index in [4.69, 9.17) is 11.6 Å². The third-order valence-corrected chi connectivity index (χ3v) is 4.69. The summed E-state index contributed by atoms with van der Waals surface area (Å²) in [5, 5.41) is 3.56. The Labute approximate surface area is 144 Å². The van der Waals surface area contributed by atoms with Crippen LogP contribution < -0.4 is 0 Å². The van der Waals surface area contributed by atoms with Crippen molar-refractivity contribution in [3.63, 3.8) is 0 Å². The molecule has 0 saturated carbocycles. The molecule has 0 unspecified atom stereocenters. The molecule has 0 radical (unpaired) electrons. The van der Waals surface area contributed by atoms with Crippen molar-refractivity contribution in [3.05, 3.63) is 46.3 Å². The van der Waals surface area contributed by atoms with Crippen LogP contribution in [0.2, 0.25) is 5.02 Å². The first-order chi connectivity index (χ1) is 11.9. The van der Waals surface area contributed by atoms with Crippen molar-refractivity contribution in [2.75, 3.05) is 6.54 Å². The van der Waals surface area contributed by atoms with E-state index in [1.165, 1.54) is 9.58 Å². The number of H-pyrrole nitrogens is 1. The molecule has 0 bridgehead atoms. The number of imidazole rings is 1. The zero-order valence-corrected chi connectivity index (χ0v) is 13.6. The number of hydrogen-bond donors (Lipinski definition) is 1. The van der Waals surface area contributed by atoms with Gasteiger partial charge in [0.1, 0.15) is 16.4 Å². The van der Waals surface area contributed by atoms with Gasteiger partial charge in [-0.3, -0.25) is 9.48 Å². The average molecular weight is 370 g/mol. The molecule has 1 atom stereocenters. The fraction of sp³-hybridized carbons (Fsp3) is 0.267. The smallest absolute Gasteiger partial charge is 0.290 e. The number of nitrogens with zero attached hydrogens (tertiary/aromatic N) is 4. The van der Waals surface area contributed by atoms with Crippen LogP contribution in [0.15, 0.2) is 12.3 Å². The predicted molar refractivity (Wildman–Crippen MR) is 82.7 cm³/mol. The van der Waals surface area contributed by atoms with E-state index in [-0.39, 0.29) is 34.1 Å². The van der Waals surface area contributed by atoms with E-state index in [1.54, 1.807) is 6.92 Å². The Morgan fingerprint density at radius 3 is 2.80 bits per heavy atom. The van der Waals surface area contributed by atoms with Crippen LogP contribution in [-0.2, 0) is 6.54 Å². The summed E-state index contributed by atoms with van der Waals surface area (Å²) >= 11 is 5.80. The van der Waals surface area contributed by atoms with Crippen LogP contribution in [0.5, 0.6) is 0 Å². The second kappa shape index (κ2) is 5.48. The number of halogens is 4. The molecule has 0 saturated heterocycles. The first kappa shape index (κ1) is 15.9. The molecular formula is C15H11ClF3N5O. The van der Waals surface area contributed by atoms with Crippen LogP contribution in [0.4, 0.5) is 13.2 Å². The van der Waals surface area contributed by atoms with Gasteiger partial charge in [0.15, 0.2) is 17.5 Å². The fourth-order valence-corrected chi connectivity index (χ4v) is 3.28.